The van der Waals surface area contributed by atoms with Crippen molar-refractivity contribution in [2.24, 2.45) is 5.10 Å². The van der Waals surface area contributed by atoms with Crippen molar-refractivity contribution >= 4 is 39.5 Å². The highest BCUT2D eigenvalue weighted by Crippen LogP contribution is 2.36. The molecule has 1 aliphatic rings. The number of hydrogen-bond acceptors (Lipinski definition) is 5. The lowest BCUT2D eigenvalue weighted by molar-refractivity contribution is 0.285. The summed E-state index contributed by atoms with van der Waals surface area (Å²) in [7, 11) is 1.58. The minimum Gasteiger partial charge on any atom is -0.493 e. The third kappa shape index (κ3) is 5.19. The Morgan fingerprint density at radius 2 is 1.73 bits per heavy atom. The lowest BCUT2D eigenvalue weighted by Gasteiger charge is -2.22. The van der Waals surface area contributed by atoms with Gasteiger partial charge < -0.3 is 9.47 Å². The van der Waals surface area contributed by atoms with E-state index in [0.29, 0.717) is 45.4 Å². The standard InChI is InChI=1S/C33H30ClN3O3/c1-39-30-19-26(34)18-25(31(30)40-21-24-14-9-13-22-10-5-6-15-27(22)24)20-35-37-32(23-11-3-2-4-12-23)36-29-17-8-7-16-28(29)33(37)38/h5-10,13-20,23H,2-4,11-12,21H2,1H3. The normalized spacial score (nSPS) is 14.2. The SMILES string of the molecule is COc1cc(Cl)cc(C=Nn2c(C3CCCCC3)nc3ccccc3c2=O)c1OCc1cccc2ccccc12. The highest BCUT2D eigenvalue weighted by molar-refractivity contribution is 6.31. The molecule has 1 aliphatic carbocycles. The minimum atomic E-state index is -0.186. The summed E-state index contributed by atoms with van der Waals surface area (Å²) in [6.07, 6.45) is 7.05. The highest BCUT2D eigenvalue weighted by Gasteiger charge is 2.22. The maximum absolute atomic E-state index is 13.7. The molecule has 0 unspecified atom stereocenters. The molecule has 0 atom stereocenters. The van der Waals surface area contributed by atoms with Crippen LogP contribution in [0.2, 0.25) is 5.02 Å². The maximum Gasteiger partial charge on any atom is 0.282 e. The molecule has 5 aromatic rings. The van der Waals surface area contributed by atoms with Crippen molar-refractivity contribution < 1.29 is 9.47 Å². The molecule has 0 spiro atoms. The van der Waals surface area contributed by atoms with Crippen molar-refractivity contribution in [3.63, 3.8) is 0 Å². The van der Waals surface area contributed by atoms with Gasteiger partial charge in [-0.3, -0.25) is 4.79 Å². The number of nitrogens with zero attached hydrogens (tertiary/aromatic N) is 3. The summed E-state index contributed by atoms with van der Waals surface area (Å²) in [4.78, 5) is 18.6. The van der Waals surface area contributed by atoms with Gasteiger partial charge in [0.05, 0.1) is 24.2 Å². The fourth-order valence-electron chi connectivity index (χ4n) is 5.56. The first-order chi connectivity index (χ1) is 19.6. The van der Waals surface area contributed by atoms with Gasteiger partial charge in [-0.1, -0.05) is 85.5 Å². The number of aromatic nitrogens is 2. The van der Waals surface area contributed by atoms with Gasteiger partial charge in [0.25, 0.3) is 5.56 Å². The average molecular weight is 552 g/mol. The number of benzene rings is 4. The summed E-state index contributed by atoms with van der Waals surface area (Å²) in [5.74, 6) is 1.88. The number of hydrogen-bond donors (Lipinski definition) is 0. The third-order valence-corrected chi connectivity index (χ3v) is 7.80. The Morgan fingerprint density at radius 3 is 2.55 bits per heavy atom. The van der Waals surface area contributed by atoms with Gasteiger partial charge in [-0.2, -0.15) is 9.78 Å². The van der Waals surface area contributed by atoms with Crippen LogP contribution in [0.4, 0.5) is 0 Å². The number of ether oxygens (including phenoxy) is 2. The summed E-state index contributed by atoms with van der Waals surface area (Å²) >= 11 is 6.46. The first kappa shape index (κ1) is 26.1. The lowest BCUT2D eigenvalue weighted by Crippen LogP contribution is -2.25. The van der Waals surface area contributed by atoms with Crippen molar-refractivity contribution in [2.75, 3.05) is 7.11 Å². The second-order valence-corrected chi connectivity index (χ2v) is 10.6. The van der Waals surface area contributed by atoms with E-state index in [9.17, 15) is 4.79 Å². The summed E-state index contributed by atoms with van der Waals surface area (Å²) in [6.45, 7) is 0.324. The van der Waals surface area contributed by atoms with E-state index in [1.807, 2.05) is 36.4 Å². The average Bonchev–Trinajstić information content (AvgIpc) is 3.00. The van der Waals surface area contributed by atoms with Crippen molar-refractivity contribution in [3.8, 4) is 11.5 Å². The number of halogens is 1. The van der Waals surface area contributed by atoms with Crippen molar-refractivity contribution in [2.45, 2.75) is 44.6 Å². The Hall–Kier alpha value is -4.16. The zero-order valence-corrected chi connectivity index (χ0v) is 23.1. The predicted molar refractivity (Wildman–Crippen MR) is 161 cm³/mol. The van der Waals surface area contributed by atoms with E-state index in [0.717, 1.165) is 42.0 Å². The van der Waals surface area contributed by atoms with Gasteiger partial charge in [0.2, 0.25) is 0 Å². The quantitative estimate of drug-likeness (QED) is 0.194. The zero-order valence-electron chi connectivity index (χ0n) is 22.3. The Kier molecular flexibility index (Phi) is 7.51. The second-order valence-electron chi connectivity index (χ2n) is 10.1. The van der Waals surface area contributed by atoms with Crippen LogP contribution in [0.15, 0.2) is 88.8 Å². The molecule has 6 nitrogen and oxygen atoms in total. The van der Waals surface area contributed by atoms with Crippen molar-refractivity contribution in [3.05, 3.63) is 111 Å². The summed E-state index contributed by atoms with van der Waals surface area (Å²) in [5, 5.41) is 7.99. The molecule has 0 amide bonds. The van der Waals surface area contributed by atoms with Crippen LogP contribution < -0.4 is 15.0 Å². The fraction of sp³-hybridized carbons (Fsp3) is 0.242. The van der Waals surface area contributed by atoms with Crippen LogP contribution >= 0.6 is 11.6 Å². The van der Waals surface area contributed by atoms with Gasteiger partial charge in [0, 0.05) is 22.6 Å². The molecule has 202 valence electrons. The van der Waals surface area contributed by atoms with Crippen molar-refractivity contribution in [1.82, 2.24) is 9.66 Å². The van der Waals surface area contributed by atoms with E-state index in [4.69, 9.17) is 31.2 Å². The predicted octanol–water partition coefficient (Wildman–Crippen LogP) is 7.72. The molecule has 4 aromatic carbocycles. The summed E-state index contributed by atoms with van der Waals surface area (Å²) in [5.41, 5.74) is 2.17. The van der Waals surface area contributed by atoms with Crippen LogP contribution in [0.5, 0.6) is 11.5 Å². The van der Waals surface area contributed by atoms with E-state index < -0.39 is 0 Å². The largest absolute Gasteiger partial charge is 0.493 e. The Balaban J connectivity index is 1.41. The number of fused-ring (bicyclic) bond motifs is 2. The van der Waals surface area contributed by atoms with Crippen LogP contribution in [0.1, 0.15) is 55.0 Å². The molecule has 40 heavy (non-hydrogen) atoms. The molecule has 1 heterocycles. The van der Waals surface area contributed by atoms with Gasteiger partial charge in [0.1, 0.15) is 12.4 Å². The van der Waals surface area contributed by atoms with E-state index >= 15 is 0 Å². The van der Waals surface area contributed by atoms with E-state index in [1.165, 1.54) is 11.1 Å². The van der Waals surface area contributed by atoms with Crippen molar-refractivity contribution in [1.29, 1.82) is 0 Å². The van der Waals surface area contributed by atoms with E-state index in [-0.39, 0.29) is 11.5 Å². The topological polar surface area (TPSA) is 65.7 Å². The number of para-hydroxylation sites is 1. The number of methoxy groups -OCH3 is 1. The molecule has 0 N–H and O–H groups in total. The molecule has 6 rings (SSSR count). The minimum absolute atomic E-state index is 0.180. The number of rotatable bonds is 7. The van der Waals surface area contributed by atoms with Gasteiger partial charge in [0.15, 0.2) is 11.5 Å². The molecule has 0 radical (unpaired) electrons. The fourth-order valence-corrected chi connectivity index (χ4v) is 5.77. The lowest BCUT2D eigenvalue weighted by atomic mass is 9.88. The molecule has 0 bridgehead atoms. The molecule has 7 heteroatoms. The summed E-state index contributed by atoms with van der Waals surface area (Å²) < 4.78 is 13.5. The van der Waals surface area contributed by atoms with E-state index in [1.54, 1.807) is 31.5 Å². The van der Waals surface area contributed by atoms with Crippen LogP contribution in [-0.2, 0) is 6.61 Å². The first-order valence-corrected chi connectivity index (χ1v) is 14.0. The summed E-state index contributed by atoms with van der Waals surface area (Å²) in [6, 6.07) is 25.3. The van der Waals surface area contributed by atoms with Gasteiger partial charge in [-0.05, 0) is 47.4 Å². The van der Waals surface area contributed by atoms with Gasteiger partial charge in [-0.15, -0.1) is 0 Å². The monoisotopic (exact) mass is 551 g/mol. The third-order valence-electron chi connectivity index (χ3n) is 7.58. The highest BCUT2D eigenvalue weighted by atomic mass is 35.5. The van der Waals surface area contributed by atoms with Gasteiger partial charge >= 0.3 is 0 Å². The second kappa shape index (κ2) is 11.5. The molecular weight excluding hydrogens is 522 g/mol. The molecular formula is C33H30ClN3O3. The van der Waals surface area contributed by atoms with Crippen LogP contribution in [0.25, 0.3) is 21.7 Å². The van der Waals surface area contributed by atoms with Crippen LogP contribution in [-0.4, -0.2) is 23.0 Å². The van der Waals surface area contributed by atoms with Crippen LogP contribution in [0, 0.1) is 0 Å². The molecule has 1 fully saturated rings. The Labute approximate surface area is 237 Å². The molecule has 1 aromatic heterocycles. The maximum atomic E-state index is 13.7. The van der Waals surface area contributed by atoms with Crippen LogP contribution in [0.3, 0.4) is 0 Å². The zero-order chi connectivity index (χ0) is 27.5. The Morgan fingerprint density at radius 1 is 0.975 bits per heavy atom. The molecule has 0 aliphatic heterocycles. The van der Waals surface area contributed by atoms with E-state index in [2.05, 4.69) is 24.3 Å². The smallest absolute Gasteiger partial charge is 0.282 e. The first-order valence-electron chi connectivity index (χ1n) is 13.7. The molecule has 1 saturated carbocycles. The Bertz CT molecular complexity index is 1770. The van der Waals surface area contributed by atoms with Gasteiger partial charge in [-0.25, -0.2) is 4.98 Å². The molecule has 0 saturated heterocycles.